The molecule has 3 aliphatic rings. The van der Waals surface area contributed by atoms with Gasteiger partial charge >= 0.3 is 0 Å². The second kappa shape index (κ2) is 16.4. The van der Waals surface area contributed by atoms with Crippen molar-refractivity contribution in [1.29, 1.82) is 0 Å². The zero-order valence-electron chi connectivity index (χ0n) is 27.0. The van der Waals surface area contributed by atoms with E-state index in [0.717, 1.165) is 77.5 Å². The molecule has 10 nitrogen and oxygen atoms in total. The molecule has 0 radical (unpaired) electrons. The van der Waals surface area contributed by atoms with Crippen LogP contribution in [0.4, 0.5) is 0 Å². The molecule has 3 rings (SSSR count). The Morgan fingerprint density at radius 3 is 2.00 bits per heavy atom. The third kappa shape index (κ3) is 9.94. The highest BCUT2D eigenvalue weighted by molar-refractivity contribution is 5.90. The van der Waals surface area contributed by atoms with Gasteiger partial charge in [-0.25, -0.2) is 0 Å². The number of carbonyl (C=O) groups is 4. The summed E-state index contributed by atoms with van der Waals surface area (Å²) in [6, 6.07) is -0.914. The molecule has 3 fully saturated rings. The van der Waals surface area contributed by atoms with E-state index in [2.05, 4.69) is 33.7 Å². The Kier molecular flexibility index (Phi) is 14.0. The molecule has 0 bridgehead atoms. The first kappa shape index (κ1) is 35.0. The Labute approximate surface area is 248 Å². The molecule has 3 heterocycles. The van der Waals surface area contributed by atoms with Crippen LogP contribution in [0.5, 0.6) is 0 Å². The number of likely N-dealkylation sites (tertiary alicyclic amines) is 3. The molecule has 3 saturated heterocycles. The molecule has 0 aromatic heterocycles. The van der Waals surface area contributed by atoms with Gasteiger partial charge in [-0.3, -0.25) is 29.0 Å². The lowest BCUT2D eigenvalue weighted by atomic mass is 9.84. The van der Waals surface area contributed by atoms with E-state index in [1.165, 1.54) is 7.11 Å². The number of carbonyl (C=O) groups excluding carboxylic acids is 4. The van der Waals surface area contributed by atoms with Crippen molar-refractivity contribution in [3.63, 3.8) is 0 Å². The summed E-state index contributed by atoms with van der Waals surface area (Å²) in [5.74, 6) is 0.402. The molecular formula is C31H57N5O5. The SMILES string of the molecule is CC(C)[C@@H](CN1CCCC[C@H]1C(=O)N1CCCC1)N(C)C(=O)[C@@H](NC(=O)[C@H]1CCCCN1C)C(C)(C)C.COC=O. The molecule has 3 amide bonds. The lowest BCUT2D eigenvalue weighted by molar-refractivity contribution is -0.143. The number of rotatable bonds is 9. The van der Waals surface area contributed by atoms with Gasteiger partial charge in [0.05, 0.1) is 19.2 Å². The molecule has 41 heavy (non-hydrogen) atoms. The number of amides is 3. The van der Waals surface area contributed by atoms with Crippen LogP contribution < -0.4 is 5.32 Å². The van der Waals surface area contributed by atoms with Crippen LogP contribution in [0.1, 0.15) is 86.0 Å². The summed E-state index contributed by atoms with van der Waals surface area (Å²) in [5, 5.41) is 3.15. The number of nitrogens with zero attached hydrogens (tertiary/aromatic N) is 4. The Morgan fingerprint density at radius 2 is 1.49 bits per heavy atom. The summed E-state index contributed by atoms with van der Waals surface area (Å²) < 4.78 is 3.86. The number of methoxy groups -OCH3 is 1. The normalized spacial score (nSPS) is 23.7. The third-order valence-electron chi connectivity index (χ3n) is 8.92. The van der Waals surface area contributed by atoms with Crippen LogP contribution >= 0.6 is 0 Å². The van der Waals surface area contributed by atoms with Gasteiger partial charge in [-0.1, -0.05) is 47.5 Å². The van der Waals surface area contributed by atoms with Gasteiger partial charge in [0, 0.05) is 32.7 Å². The molecule has 0 unspecified atom stereocenters. The van der Waals surface area contributed by atoms with Gasteiger partial charge in [0.2, 0.25) is 17.7 Å². The molecule has 0 saturated carbocycles. The van der Waals surface area contributed by atoms with E-state index in [-0.39, 0.29) is 41.8 Å². The molecule has 1 N–H and O–H groups in total. The smallest absolute Gasteiger partial charge is 0.292 e. The van der Waals surface area contributed by atoms with Crippen molar-refractivity contribution < 1.29 is 23.9 Å². The highest BCUT2D eigenvalue weighted by Gasteiger charge is 2.41. The first-order valence-electron chi connectivity index (χ1n) is 15.6. The summed E-state index contributed by atoms with van der Waals surface area (Å²) in [6.07, 6.45) is 8.24. The fraction of sp³-hybridized carbons (Fsp3) is 0.871. The van der Waals surface area contributed by atoms with E-state index in [1.54, 1.807) is 0 Å². The summed E-state index contributed by atoms with van der Waals surface area (Å²) >= 11 is 0. The standard InChI is InChI=1S/C29H53N5O3.C2H4O2/c1-21(2)24(20-34-19-11-9-15-23(34)27(36)33-17-12-13-18-33)32(7)28(37)25(29(3,4)5)30-26(35)22-14-8-10-16-31(22)6;1-4-2-3/h21-25H,8-20H2,1-7H3,(H,30,35);2H,1H3/t22-,23+,24-,25-;/m1./s1. The van der Waals surface area contributed by atoms with Crippen molar-refractivity contribution in [3.05, 3.63) is 0 Å². The minimum absolute atomic E-state index is 0.0430. The van der Waals surface area contributed by atoms with Crippen molar-refractivity contribution in [2.45, 2.75) is 110 Å². The van der Waals surface area contributed by atoms with E-state index >= 15 is 0 Å². The van der Waals surface area contributed by atoms with E-state index in [4.69, 9.17) is 4.79 Å². The lowest BCUT2D eigenvalue weighted by Crippen LogP contribution is -2.61. The van der Waals surface area contributed by atoms with Crippen molar-refractivity contribution in [3.8, 4) is 0 Å². The van der Waals surface area contributed by atoms with Gasteiger partial charge in [-0.05, 0) is 70.0 Å². The average Bonchev–Trinajstić information content (AvgIpc) is 3.48. The maximum Gasteiger partial charge on any atom is 0.292 e. The largest absolute Gasteiger partial charge is 0.471 e. The topological polar surface area (TPSA) is 102 Å². The van der Waals surface area contributed by atoms with E-state index in [1.807, 2.05) is 44.7 Å². The molecule has 0 aromatic rings. The molecule has 3 aliphatic heterocycles. The highest BCUT2D eigenvalue weighted by atomic mass is 16.5. The minimum Gasteiger partial charge on any atom is -0.471 e. The van der Waals surface area contributed by atoms with Crippen molar-refractivity contribution in [2.24, 2.45) is 11.3 Å². The number of hydrogen-bond donors (Lipinski definition) is 1. The molecular weight excluding hydrogens is 522 g/mol. The van der Waals surface area contributed by atoms with Gasteiger partial charge < -0.3 is 19.9 Å². The van der Waals surface area contributed by atoms with Crippen LogP contribution in [0.3, 0.4) is 0 Å². The van der Waals surface area contributed by atoms with Crippen LogP contribution in [-0.2, 0) is 23.9 Å². The lowest BCUT2D eigenvalue weighted by Gasteiger charge is -2.43. The van der Waals surface area contributed by atoms with Crippen LogP contribution in [-0.4, -0.2) is 122 Å². The summed E-state index contributed by atoms with van der Waals surface area (Å²) in [4.78, 5) is 57.9. The maximum atomic E-state index is 14.0. The fourth-order valence-corrected chi connectivity index (χ4v) is 6.32. The van der Waals surface area contributed by atoms with Gasteiger partial charge in [0.25, 0.3) is 6.47 Å². The van der Waals surface area contributed by atoms with Crippen molar-refractivity contribution in [1.82, 2.24) is 24.9 Å². The van der Waals surface area contributed by atoms with Gasteiger partial charge in [-0.15, -0.1) is 0 Å². The zero-order valence-corrected chi connectivity index (χ0v) is 27.0. The average molecular weight is 580 g/mol. The first-order chi connectivity index (χ1) is 19.3. The van der Waals surface area contributed by atoms with Crippen molar-refractivity contribution >= 4 is 24.2 Å². The Balaban J connectivity index is 0.00000138. The van der Waals surface area contributed by atoms with Gasteiger partial charge in [0.1, 0.15) is 6.04 Å². The van der Waals surface area contributed by atoms with E-state index in [0.29, 0.717) is 13.0 Å². The summed E-state index contributed by atoms with van der Waals surface area (Å²) in [6.45, 7) is 15.0. The maximum absolute atomic E-state index is 14.0. The van der Waals surface area contributed by atoms with Crippen LogP contribution in [0, 0.1) is 11.3 Å². The second-order valence-corrected chi connectivity index (χ2v) is 13.4. The Bertz CT molecular complexity index is 854. The predicted molar refractivity (Wildman–Crippen MR) is 161 cm³/mol. The first-order valence-corrected chi connectivity index (χ1v) is 15.6. The molecule has 0 aromatic carbocycles. The Hall–Kier alpha value is -2.20. The van der Waals surface area contributed by atoms with Gasteiger partial charge in [-0.2, -0.15) is 0 Å². The number of ether oxygens (including phenoxy) is 1. The minimum atomic E-state index is -0.607. The fourth-order valence-electron chi connectivity index (χ4n) is 6.32. The van der Waals surface area contributed by atoms with Crippen LogP contribution in [0.25, 0.3) is 0 Å². The monoisotopic (exact) mass is 579 g/mol. The van der Waals surface area contributed by atoms with Gasteiger partial charge in [0.15, 0.2) is 0 Å². The number of nitrogens with one attached hydrogen (secondary N) is 1. The predicted octanol–water partition coefficient (Wildman–Crippen LogP) is 2.75. The highest BCUT2D eigenvalue weighted by Crippen LogP contribution is 2.27. The quantitative estimate of drug-likeness (QED) is 0.419. The number of piperidine rings is 2. The summed E-state index contributed by atoms with van der Waals surface area (Å²) in [7, 11) is 5.19. The Morgan fingerprint density at radius 1 is 0.951 bits per heavy atom. The van der Waals surface area contributed by atoms with Crippen LogP contribution in [0.2, 0.25) is 0 Å². The van der Waals surface area contributed by atoms with E-state index < -0.39 is 11.5 Å². The zero-order chi connectivity index (χ0) is 30.7. The van der Waals surface area contributed by atoms with Crippen molar-refractivity contribution in [2.75, 3.05) is 53.9 Å². The molecule has 0 spiro atoms. The van der Waals surface area contributed by atoms with Crippen LogP contribution in [0.15, 0.2) is 0 Å². The molecule has 236 valence electrons. The second-order valence-electron chi connectivity index (χ2n) is 13.4. The number of hydrogen-bond acceptors (Lipinski definition) is 7. The molecule has 0 aliphatic carbocycles. The summed E-state index contributed by atoms with van der Waals surface area (Å²) in [5.41, 5.74) is -0.421. The molecule has 10 heteroatoms. The number of likely N-dealkylation sites (N-methyl/N-ethyl adjacent to an activating group) is 2. The third-order valence-corrected chi connectivity index (χ3v) is 8.92. The molecule has 4 atom stereocenters. The van der Waals surface area contributed by atoms with E-state index in [9.17, 15) is 14.4 Å².